The highest BCUT2D eigenvalue weighted by molar-refractivity contribution is 5.77. The summed E-state index contributed by atoms with van der Waals surface area (Å²) in [6, 6.07) is 8.96. The minimum atomic E-state index is -0.740. The van der Waals surface area contributed by atoms with Crippen molar-refractivity contribution in [3.05, 3.63) is 42.2 Å². The van der Waals surface area contributed by atoms with Crippen LogP contribution < -0.4 is 10.1 Å². The maximum Gasteiger partial charge on any atom is 0.227 e. The van der Waals surface area contributed by atoms with Crippen molar-refractivity contribution in [2.75, 3.05) is 6.61 Å². The molecule has 1 atom stereocenters. The molecular formula is C18H17FN2O4. The lowest BCUT2D eigenvalue weighted by Gasteiger charge is -2.13. The van der Waals surface area contributed by atoms with Crippen LogP contribution in [-0.4, -0.2) is 28.6 Å². The van der Waals surface area contributed by atoms with Crippen molar-refractivity contribution >= 4 is 17.0 Å². The van der Waals surface area contributed by atoms with Gasteiger partial charge < -0.3 is 19.6 Å². The summed E-state index contributed by atoms with van der Waals surface area (Å²) in [7, 11) is 0. The number of amides is 1. The van der Waals surface area contributed by atoms with E-state index in [1.165, 1.54) is 19.1 Å². The van der Waals surface area contributed by atoms with Crippen LogP contribution in [0.2, 0.25) is 0 Å². The van der Waals surface area contributed by atoms with Crippen LogP contribution in [0.1, 0.15) is 13.8 Å². The molecule has 3 aromatic rings. The van der Waals surface area contributed by atoms with Gasteiger partial charge in [0.1, 0.15) is 17.9 Å². The van der Waals surface area contributed by atoms with E-state index in [1.807, 2.05) is 6.92 Å². The minimum Gasteiger partial charge on any atom is -0.505 e. The Hall–Kier alpha value is -3.09. The molecule has 1 amide bonds. The summed E-state index contributed by atoms with van der Waals surface area (Å²) >= 11 is 0. The summed E-state index contributed by atoms with van der Waals surface area (Å²) in [6.45, 7) is 3.60. The Balaban J connectivity index is 1.79. The van der Waals surface area contributed by atoms with Crippen LogP contribution in [0.3, 0.4) is 0 Å². The van der Waals surface area contributed by atoms with Gasteiger partial charge in [-0.15, -0.1) is 0 Å². The maximum absolute atomic E-state index is 13.5. The fourth-order valence-corrected chi connectivity index (χ4v) is 2.37. The fourth-order valence-electron chi connectivity index (χ4n) is 2.37. The molecule has 2 N–H and O–H groups in total. The van der Waals surface area contributed by atoms with Crippen LogP contribution in [0.4, 0.5) is 4.39 Å². The number of phenolic OH excluding ortho intramolecular Hbond substituents is 1. The van der Waals surface area contributed by atoms with Gasteiger partial charge >= 0.3 is 0 Å². The first-order valence-electron chi connectivity index (χ1n) is 7.72. The maximum atomic E-state index is 13.5. The molecule has 0 aliphatic heterocycles. The van der Waals surface area contributed by atoms with Gasteiger partial charge in [0.2, 0.25) is 11.8 Å². The molecule has 0 saturated carbocycles. The van der Waals surface area contributed by atoms with E-state index >= 15 is 0 Å². The fraction of sp³-hybridized carbons (Fsp3) is 0.222. The number of nitrogens with zero attached hydrogens (tertiary/aromatic N) is 1. The minimum absolute atomic E-state index is 0.118. The van der Waals surface area contributed by atoms with E-state index in [1.54, 1.807) is 18.2 Å². The van der Waals surface area contributed by atoms with E-state index in [2.05, 4.69) is 10.3 Å². The molecule has 0 fully saturated rings. The van der Waals surface area contributed by atoms with Gasteiger partial charge in [-0.1, -0.05) is 0 Å². The molecule has 3 rings (SSSR count). The highest BCUT2D eigenvalue weighted by Crippen LogP contribution is 2.29. The molecule has 0 saturated heterocycles. The van der Waals surface area contributed by atoms with Crippen molar-refractivity contribution < 1.29 is 23.4 Å². The third kappa shape index (κ3) is 3.88. The summed E-state index contributed by atoms with van der Waals surface area (Å²) < 4.78 is 24.8. The first-order chi connectivity index (χ1) is 11.9. The third-order valence-corrected chi connectivity index (χ3v) is 3.50. The Morgan fingerprint density at radius 2 is 2.16 bits per heavy atom. The number of aromatic hydroxyl groups is 1. The molecule has 0 spiro atoms. The van der Waals surface area contributed by atoms with Crippen LogP contribution >= 0.6 is 0 Å². The highest BCUT2D eigenvalue weighted by Gasteiger charge is 2.12. The van der Waals surface area contributed by atoms with Crippen LogP contribution in [0.5, 0.6) is 11.5 Å². The van der Waals surface area contributed by atoms with Crippen molar-refractivity contribution in [3.63, 3.8) is 0 Å². The molecule has 130 valence electrons. The largest absolute Gasteiger partial charge is 0.505 e. The zero-order valence-corrected chi connectivity index (χ0v) is 13.7. The molecule has 25 heavy (non-hydrogen) atoms. The lowest BCUT2D eigenvalue weighted by atomic mass is 10.2. The zero-order chi connectivity index (χ0) is 18.0. The topological polar surface area (TPSA) is 84.6 Å². The molecule has 7 heteroatoms. The molecule has 0 bridgehead atoms. The van der Waals surface area contributed by atoms with Gasteiger partial charge in [-0.2, -0.15) is 0 Å². The summed E-state index contributed by atoms with van der Waals surface area (Å²) in [5, 5.41) is 12.0. The summed E-state index contributed by atoms with van der Waals surface area (Å²) in [5.74, 6) is -0.464. The second-order valence-corrected chi connectivity index (χ2v) is 5.73. The number of benzene rings is 2. The molecule has 0 radical (unpaired) electrons. The van der Waals surface area contributed by atoms with Crippen LogP contribution in [-0.2, 0) is 4.79 Å². The summed E-state index contributed by atoms with van der Waals surface area (Å²) in [4.78, 5) is 15.3. The van der Waals surface area contributed by atoms with Gasteiger partial charge in [-0.25, -0.2) is 9.37 Å². The summed E-state index contributed by atoms with van der Waals surface area (Å²) in [5.41, 5.74) is 1.52. The smallest absolute Gasteiger partial charge is 0.227 e. The predicted molar refractivity (Wildman–Crippen MR) is 89.8 cm³/mol. The van der Waals surface area contributed by atoms with Gasteiger partial charge in [0.05, 0.1) is 6.04 Å². The second-order valence-electron chi connectivity index (χ2n) is 5.73. The normalized spacial score (nSPS) is 12.1. The Kier molecular flexibility index (Phi) is 4.56. The van der Waals surface area contributed by atoms with Crippen molar-refractivity contribution in [2.24, 2.45) is 0 Å². The summed E-state index contributed by atoms with van der Waals surface area (Å²) in [6.07, 6.45) is 0. The van der Waals surface area contributed by atoms with E-state index in [9.17, 15) is 14.3 Å². The van der Waals surface area contributed by atoms with E-state index in [0.29, 0.717) is 29.0 Å². The number of nitrogens with one attached hydrogen (secondary N) is 1. The number of hydrogen-bond acceptors (Lipinski definition) is 5. The standard InChI is InChI=1S/C18H17FN2O4/c1-10(20-11(2)22)9-24-13-4-5-15-17(8-13)25-18(21-15)12-3-6-16(23)14(19)7-12/h3-8,10,23H,9H2,1-2H3,(H,20,22)/t10-/m0/s1. The number of rotatable bonds is 5. The van der Waals surface area contributed by atoms with Gasteiger partial charge in [-0.05, 0) is 37.3 Å². The lowest BCUT2D eigenvalue weighted by Crippen LogP contribution is -2.35. The van der Waals surface area contributed by atoms with Crippen molar-refractivity contribution in [2.45, 2.75) is 19.9 Å². The lowest BCUT2D eigenvalue weighted by molar-refractivity contribution is -0.119. The SMILES string of the molecule is CC(=O)N[C@@H](C)COc1ccc2nc(-c3ccc(O)c(F)c3)oc2c1. The predicted octanol–water partition coefficient (Wildman–Crippen LogP) is 3.24. The Morgan fingerprint density at radius 3 is 2.88 bits per heavy atom. The molecule has 6 nitrogen and oxygen atoms in total. The first-order valence-corrected chi connectivity index (χ1v) is 7.72. The van der Waals surface area contributed by atoms with Gasteiger partial charge in [-0.3, -0.25) is 4.79 Å². The Morgan fingerprint density at radius 1 is 1.36 bits per heavy atom. The molecule has 2 aromatic carbocycles. The van der Waals surface area contributed by atoms with E-state index < -0.39 is 11.6 Å². The number of hydrogen-bond donors (Lipinski definition) is 2. The molecule has 1 heterocycles. The third-order valence-electron chi connectivity index (χ3n) is 3.50. The number of aromatic nitrogens is 1. The van der Waals surface area contributed by atoms with Crippen molar-refractivity contribution in [3.8, 4) is 23.0 Å². The van der Waals surface area contributed by atoms with E-state index in [0.717, 1.165) is 6.07 Å². The number of ether oxygens (including phenoxy) is 1. The Bertz CT molecular complexity index is 923. The quantitative estimate of drug-likeness (QED) is 0.742. The second kappa shape index (κ2) is 6.80. The molecule has 0 aliphatic rings. The first kappa shape index (κ1) is 16.8. The molecule has 1 aromatic heterocycles. The van der Waals surface area contributed by atoms with E-state index in [4.69, 9.17) is 9.15 Å². The zero-order valence-electron chi connectivity index (χ0n) is 13.7. The Labute approximate surface area is 143 Å². The number of carbonyl (C=O) groups excluding carboxylic acids is 1. The molecule has 0 unspecified atom stereocenters. The van der Waals surface area contributed by atoms with Gasteiger partial charge in [0.15, 0.2) is 17.1 Å². The average Bonchev–Trinajstić information content (AvgIpc) is 2.98. The molecule has 0 aliphatic carbocycles. The number of fused-ring (bicyclic) bond motifs is 1. The van der Waals surface area contributed by atoms with Gasteiger partial charge in [0.25, 0.3) is 0 Å². The van der Waals surface area contributed by atoms with Gasteiger partial charge in [0, 0.05) is 18.6 Å². The van der Waals surface area contributed by atoms with E-state index in [-0.39, 0.29) is 17.8 Å². The number of oxazole rings is 1. The van der Waals surface area contributed by atoms with Crippen molar-refractivity contribution in [1.29, 1.82) is 0 Å². The van der Waals surface area contributed by atoms with Crippen LogP contribution in [0, 0.1) is 5.82 Å². The van der Waals surface area contributed by atoms with Crippen molar-refractivity contribution in [1.82, 2.24) is 10.3 Å². The monoisotopic (exact) mass is 344 g/mol. The van der Waals surface area contributed by atoms with Crippen LogP contribution in [0.25, 0.3) is 22.6 Å². The molecular weight excluding hydrogens is 327 g/mol. The number of phenols is 1. The average molecular weight is 344 g/mol. The van der Waals surface area contributed by atoms with Crippen LogP contribution in [0.15, 0.2) is 40.8 Å². The highest BCUT2D eigenvalue weighted by atomic mass is 19.1. The number of halogens is 1. The number of carbonyl (C=O) groups is 1.